The summed E-state index contributed by atoms with van der Waals surface area (Å²) >= 11 is 8.21. The number of carbonyl (C=O) groups excluding carboxylic acids is 2. The third kappa shape index (κ3) is 8.41. The summed E-state index contributed by atoms with van der Waals surface area (Å²) in [4.78, 5) is 25.1. The number of methoxy groups -OCH3 is 1. The first kappa shape index (κ1) is 23.6. The lowest BCUT2D eigenvalue weighted by atomic mass is 9.77. The van der Waals surface area contributed by atoms with E-state index in [9.17, 15) is 9.59 Å². The van der Waals surface area contributed by atoms with Crippen molar-refractivity contribution in [3.05, 3.63) is 35.1 Å². The molecule has 5 heteroatoms. The monoisotopic (exact) mass is 408 g/mol. The minimum absolute atomic E-state index is 0.00454. The van der Waals surface area contributed by atoms with Gasteiger partial charge in [0.15, 0.2) is 0 Å². The molecular weight excluding hydrogens is 380 g/mol. The number of thioether (sulfide) groups is 1. The van der Waals surface area contributed by atoms with Crippen LogP contribution in [0.3, 0.4) is 0 Å². The van der Waals surface area contributed by atoms with Gasteiger partial charge in [0.2, 0.25) is 0 Å². The molecule has 0 N–H and O–H groups in total. The highest BCUT2D eigenvalue weighted by molar-refractivity contribution is 7.99. The minimum Gasteiger partial charge on any atom is -0.497 e. The van der Waals surface area contributed by atoms with E-state index in [0.29, 0.717) is 34.5 Å². The molecule has 1 aliphatic rings. The fourth-order valence-corrected chi connectivity index (χ4v) is 4.48. The lowest BCUT2D eigenvalue weighted by Gasteiger charge is -2.27. The van der Waals surface area contributed by atoms with Gasteiger partial charge in [-0.25, -0.2) is 0 Å². The quantitative estimate of drug-likeness (QED) is 0.224. The summed E-state index contributed by atoms with van der Waals surface area (Å²) in [7, 11) is 1.52. The molecule has 0 heterocycles. The molecule has 0 radical (unpaired) electrons. The van der Waals surface area contributed by atoms with Gasteiger partial charge < -0.3 is 4.74 Å². The Morgan fingerprint density at radius 1 is 1.37 bits per heavy atom. The summed E-state index contributed by atoms with van der Waals surface area (Å²) in [5, 5.41) is 0.905. The molecule has 1 unspecified atom stereocenters. The highest BCUT2D eigenvalue weighted by atomic mass is 35.5. The van der Waals surface area contributed by atoms with Crippen LogP contribution in [0.5, 0.6) is 0 Å². The molecule has 1 saturated carbocycles. The molecule has 1 atom stereocenters. The van der Waals surface area contributed by atoms with Gasteiger partial charge in [-0.05, 0) is 43.6 Å². The van der Waals surface area contributed by atoms with Crippen LogP contribution in [0.4, 0.5) is 0 Å². The first-order valence-electron chi connectivity index (χ1n) is 9.21. The van der Waals surface area contributed by atoms with E-state index in [1.165, 1.54) is 7.11 Å². The second kappa shape index (κ2) is 12.1. The van der Waals surface area contributed by atoms with Gasteiger partial charge in [0.1, 0.15) is 17.3 Å². The van der Waals surface area contributed by atoms with Gasteiger partial charge in [0.25, 0.3) is 0 Å². The van der Waals surface area contributed by atoms with Crippen LogP contribution in [0.25, 0.3) is 0 Å². The number of hydrogen-bond acceptors (Lipinski definition) is 4. The van der Waals surface area contributed by atoms with Gasteiger partial charge in [-0.15, -0.1) is 5.92 Å². The number of ether oxygens (including phenoxy) is 1. The predicted octanol–water partition coefficient (Wildman–Crippen LogP) is 5.31. The zero-order chi connectivity index (χ0) is 20.4. The fourth-order valence-electron chi connectivity index (χ4n) is 3.23. The minimum atomic E-state index is -0.638. The summed E-state index contributed by atoms with van der Waals surface area (Å²) in [5.74, 6) is 6.75. The Bertz CT molecular complexity index is 663. The standard InChI is InChI=1S/C22H29ClO3S/c1-6-8-17(9-15(3)26-5)11-19(23)14-20-21(24)12-18(13-22(20)25)10-16(4)27-7-2/h9,11,16,18,20H,3,7,10,12-14H2,1-2,4-5H3/b17-9-,19-11+. The molecule has 0 aromatic carbocycles. The molecule has 0 aromatic rings. The zero-order valence-corrected chi connectivity index (χ0v) is 18.2. The molecule has 0 bridgehead atoms. The number of rotatable bonds is 9. The Morgan fingerprint density at radius 2 is 2.00 bits per heavy atom. The van der Waals surface area contributed by atoms with Crippen LogP contribution in [0.2, 0.25) is 0 Å². The van der Waals surface area contributed by atoms with Crippen molar-refractivity contribution in [1.29, 1.82) is 0 Å². The third-order valence-electron chi connectivity index (χ3n) is 4.43. The summed E-state index contributed by atoms with van der Waals surface area (Å²) in [6.45, 7) is 9.74. The smallest absolute Gasteiger partial charge is 0.143 e. The van der Waals surface area contributed by atoms with Crippen molar-refractivity contribution in [2.45, 2.75) is 51.7 Å². The highest BCUT2D eigenvalue weighted by Gasteiger charge is 2.35. The Kier molecular flexibility index (Phi) is 10.6. The molecule has 1 rings (SSSR count). The number of carbonyl (C=O) groups is 2. The number of halogens is 1. The Balaban J connectivity index is 2.79. The van der Waals surface area contributed by atoms with Gasteiger partial charge in [0, 0.05) is 28.7 Å². The summed E-state index contributed by atoms with van der Waals surface area (Å²) in [6.07, 6.45) is 5.42. The lowest BCUT2D eigenvalue weighted by molar-refractivity contribution is -0.137. The van der Waals surface area contributed by atoms with E-state index in [0.717, 1.165) is 12.2 Å². The van der Waals surface area contributed by atoms with Crippen molar-refractivity contribution >= 4 is 34.9 Å². The topological polar surface area (TPSA) is 43.4 Å². The second-order valence-corrected chi connectivity index (χ2v) is 8.90. The van der Waals surface area contributed by atoms with Crippen LogP contribution in [-0.2, 0) is 14.3 Å². The van der Waals surface area contributed by atoms with Gasteiger partial charge in [-0.1, -0.05) is 37.9 Å². The van der Waals surface area contributed by atoms with E-state index in [-0.39, 0.29) is 23.9 Å². The van der Waals surface area contributed by atoms with Gasteiger partial charge in [-0.2, -0.15) is 11.8 Å². The highest BCUT2D eigenvalue weighted by Crippen LogP contribution is 2.33. The molecule has 0 spiro atoms. The van der Waals surface area contributed by atoms with Crippen molar-refractivity contribution in [3.63, 3.8) is 0 Å². The number of Topliss-reactive ketones (excluding diaryl/α,β-unsaturated/α-hetero) is 2. The van der Waals surface area contributed by atoms with Gasteiger partial charge in [-0.3, -0.25) is 9.59 Å². The first-order chi connectivity index (χ1) is 12.8. The van der Waals surface area contributed by atoms with E-state index in [4.69, 9.17) is 16.3 Å². The van der Waals surface area contributed by atoms with Crippen LogP contribution in [0, 0.1) is 23.7 Å². The average molecular weight is 409 g/mol. The van der Waals surface area contributed by atoms with E-state index in [2.05, 4.69) is 32.3 Å². The third-order valence-corrected chi connectivity index (χ3v) is 5.79. The molecule has 0 aliphatic heterocycles. The normalized spacial score (nSPS) is 22.1. The Labute approximate surface area is 172 Å². The van der Waals surface area contributed by atoms with Crippen molar-refractivity contribution in [2.24, 2.45) is 11.8 Å². The van der Waals surface area contributed by atoms with Crippen molar-refractivity contribution in [2.75, 3.05) is 12.9 Å². The van der Waals surface area contributed by atoms with Crippen LogP contribution in [-0.4, -0.2) is 29.7 Å². The molecule has 27 heavy (non-hydrogen) atoms. The van der Waals surface area contributed by atoms with Gasteiger partial charge >= 0.3 is 0 Å². The van der Waals surface area contributed by atoms with Crippen molar-refractivity contribution in [3.8, 4) is 11.8 Å². The largest absolute Gasteiger partial charge is 0.497 e. The Morgan fingerprint density at radius 3 is 2.52 bits per heavy atom. The predicted molar refractivity (Wildman–Crippen MR) is 115 cm³/mol. The second-order valence-electron chi connectivity index (χ2n) is 6.70. The number of ketones is 2. The summed E-state index contributed by atoms with van der Waals surface area (Å²) in [5.41, 5.74) is 0.633. The van der Waals surface area contributed by atoms with Crippen LogP contribution in [0.1, 0.15) is 46.5 Å². The van der Waals surface area contributed by atoms with E-state index in [1.807, 2.05) is 11.8 Å². The molecule has 0 saturated heterocycles. The van der Waals surface area contributed by atoms with E-state index < -0.39 is 5.92 Å². The summed E-state index contributed by atoms with van der Waals surface area (Å²) in [6, 6.07) is 0. The fraction of sp³-hybridized carbons (Fsp3) is 0.545. The zero-order valence-electron chi connectivity index (χ0n) is 16.6. The van der Waals surface area contributed by atoms with Crippen LogP contribution >= 0.6 is 23.4 Å². The average Bonchev–Trinajstić information content (AvgIpc) is 2.58. The molecular formula is C22H29ClO3S. The van der Waals surface area contributed by atoms with Crippen molar-refractivity contribution < 1.29 is 14.3 Å². The van der Waals surface area contributed by atoms with Gasteiger partial charge in [0.05, 0.1) is 13.0 Å². The lowest BCUT2D eigenvalue weighted by Crippen LogP contribution is -2.34. The molecule has 3 nitrogen and oxygen atoms in total. The molecule has 0 aromatic heterocycles. The van der Waals surface area contributed by atoms with E-state index >= 15 is 0 Å². The molecule has 1 fully saturated rings. The molecule has 0 amide bonds. The number of allylic oxidation sites excluding steroid dienone is 4. The summed E-state index contributed by atoms with van der Waals surface area (Å²) < 4.78 is 5.03. The number of hydrogen-bond donors (Lipinski definition) is 0. The van der Waals surface area contributed by atoms with Crippen LogP contribution in [0.15, 0.2) is 35.1 Å². The maximum atomic E-state index is 12.5. The van der Waals surface area contributed by atoms with Crippen molar-refractivity contribution in [1.82, 2.24) is 0 Å². The Hall–Kier alpha value is -1.44. The van der Waals surface area contributed by atoms with E-state index in [1.54, 1.807) is 19.1 Å². The SMILES string of the molecule is C=C(/C=C(C#CC)\C=C(\Cl)CC1C(=O)CC(CC(C)SCC)CC1=O)OC. The van der Waals surface area contributed by atoms with Crippen LogP contribution < -0.4 is 0 Å². The molecule has 1 aliphatic carbocycles. The maximum absolute atomic E-state index is 12.5. The maximum Gasteiger partial charge on any atom is 0.143 e. The first-order valence-corrected chi connectivity index (χ1v) is 10.6. The molecule has 148 valence electrons.